The van der Waals surface area contributed by atoms with E-state index in [1.807, 2.05) is 64.0 Å². The number of benzene rings is 1. The normalized spacial score (nSPS) is 16.2. The lowest BCUT2D eigenvalue weighted by Gasteiger charge is -2.24. The minimum absolute atomic E-state index is 0.0105. The predicted molar refractivity (Wildman–Crippen MR) is 117 cm³/mol. The molecule has 1 aliphatic heterocycles. The van der Waals surface area contributed by atoms with E-state index >= 15 is 0 Å². The van der Waals surface area contributed by atoms with Gasteiger partial charge in [-0.2, -0.15) is 0 Å². The Hall–Kier alpha value is -3.15. The summed E-state index contributed by atoms with van der Waals surface area (Å²) in [5.74, 6) is 0.613. The average molecular weight is 405 g/mol. The summed E-state index contributed by atoms with van der Waals surface area (Å²) in [5.41, 5.74) is 1.89. The molecule has 156 valence electrons. The number of fused-ring (bicyclic) bond motifs is 1. The summed E-state index contributed by atoms with van der Waals surface area (Å²) in [6, 6.07) is 15.0. The lowest BCUT2D eigenvalue weighted by molar-refractivity contribution is 0.0729. The number of hydrogen-bond acceptors (Lipinski definition) is 3. The molecule has 1 aliphatic rings. The first-order chi connectivity index (χ1) is 14.7. The van der Waals surface area contributed by atoms with Crippen molar-refractivity contribution in [2.45, 2.75) is 45.1 Å². The molecule has 1 N–H and O–H groups in total. The molecule has 2 aromatic heterocycles. The number of rotatable bonds is 7. The first-order valence-corrected chi connectivity index (χ1v) is 10.8. The molecule has 1 saturated heterocycles. The van der Waals surface area contributed by atoms with Crippen molar-refractivity contribution in [1.82, 2.24) is 19.6 Å². The van der Waals surface area contributed by atoms with Crippen LogP contribution in [0.25, 0.3) is 5.52 Å². The van der Waals surface area contributed by atoms with Crippen LogP contribution in [0.5, 0.6) is 0 Å². The molecule has 0 spiro atoms. The van der Waals surface area contributed by atoms with Gasteiger partial charge >= 0.3 is 0 Å². The van der Waals surface area contributed by atoms with E-state index in [2.05, 4.69) is 12.2 Å². The number of nitrogens with zero attached hydrogens (tertiary/aromatic N) is 3. The van der Waals surface area contributed by atoms with E-state index in [1.165, 1.54) is 0 Å². The Balaban J connectivity index is 1.64. The number of carbonyl (C=O) groups is 2. The molecular formula is C24H28N4O2. The number of imidazole rings is 1. The van der Waals surface area contributed by atoms with Crippen LogP contribution < -0.4 is 5.32 Å². The van der Waals surface area contributed by atoms with Crippen molar-refractivity contribution < 1.29 is 9.59 Å². The van der Waals surface area contributed by atoms with Crippen LogP contribution >= 0.6 is 0 Å². The van der Waals surface area contributed by atoms with Crippen molar-refractivity contribution in [3.8, 4) is 0 Å². The van der Waals surface area contributed by atoms with Crippen LogP contribution in [0.3, 0.4) is 0 Å². The second-order valence-corrected chi connectivity index (χ2v) is 7.76. The lowest BCUT2D eigenvalue weighted by Crippen LogP contribution is -2.31. The van der Waals surface area contributed by atoms with Gasteiger partial charge in [0.25, 0.3) is 11.8 Å². The molecule has 0 aliphatic carbocycles. The van der Waals surface area contributed by atoms with Crippen molar-refractivity contribution in [2.24, 2.45) is 0 Å². The molecule has 0 saturated carbocycles. The Bertz CT molecular complexity index is 1030. The highest BCUT2D eigenvalue weighted by atomic mass is 16.2. The standard InChI is InChI=1S/C24H28N4O2/c1-2-3-8-15-25-23(29)21-19-13-7-9-16-27(19)22(26-21)20-14-10-17-28(20)24(30)18-11-5-4-6-12-18/h4-7,9,11-13,16,20H,2-3,8,10,14-15,17H2,1H3,(H,25,29)/t20-/m1/s1. The number of unbranched alkanes of at least 4 members (excludes halogenated alkanes) is 2. The summed E-state index contributed by atoms with van der Waals surface area (Å²) >= 11 is 0. The highest BCUT2D eigenvalue weighted by Crippen LogP contribution is 2.33. The smallest absolute Gasteiger partial charge is 0.272 e. The zero-order valence-electron chi connectivity index (χ0n) is 17.4. The zero-order valence-corrected chi connectivity index (χ0v) is 17.4. The van der Waals surface area contributed by atoms with Gasteiger partial charge in [-0.05, 0) is 43.5 Å². The van der Waals surface area contributed by atoms with Gasteiger partial charge in [0, 0.05) is 24.8 Å². The van der Waals surface area contributed by atoms with Crippen molar-refractivity contribution in [3.63, 3.8) is 0 Å². The monoisotopic (exact) mass is 404 g/mol. The second kappa shape index (κ2) is 9.11. The van der Waals surface area contributed by atoms with Gasteiger partial charge in [-0.1, -0.05) is 44.0 Å². The van der Waals surface area contributed by atoms with Crippen molar-refractivity contribution in [1.29, 1.82) is 0 Å². The van der Waals surface area contributed by atoms with Crippen LogP contribution in [-0.4, -0.2) is 39.2 Å². The summed E-state index contributed by atoms with van der Waals surface area (Å²) in [6.45, 7) is 3.48. The van der Waals surface area contributed by atoms with Crippen molar-refractivity contribution in [2.75, 3.05) is 13.1 Å². The van der Waals surface area contributed by atoms with Crippen LogP contribution in [0.4, 0.5) is 0 Å². The molecule has 1 fully saturated rings. The fourth-order valence-corrected chi connectivity index (χ4v) is 4.15. The summed E-state index contributed by atoms with van der Waals surface area (Å²) in [4.78, 5) is 32.6. The number of amides is 2. The Morgan fingerprint density at radius 2 is 1.90 bits per heavy atom. The minimum Gasteiger partial charge on any atom is -0.351 e. The fraction of sp³-hybridized carbons (Fsp3) is 0.375. The van der Waals surface area contributed by atoms with E-state index in [4.69, 9.17) is 4.98 Å². The molecule has 4 rings (SSSR count). The Morgan fingerprint density at radius 3 is 2.70 bits per heavy atom. The van der Waals surface area contributed by atoms with Crippen molar-refractivity contribution in [3.05, 3.63) is 71.8 Å². The molecule has 1 atom stereocenters. The summed E-state index contributed by atoms with van der Waals surface area (Å²) in [5, 5.41) is 2.99. The summed E-state index contributed by atoms with van der Waals surface area (Å²) in [6.07, 6.45) is 6.85. The summed E-state index contributed by atoms with van der Waals surface area (Å²) in [7, 11) is 0. The van der Waals surface area contributed by atoms with Crippen LogP contribution in [0.15, 0.2) is 54.7 Å². The number of carbonyl (C=O) groups excluding carboxylic acids is 2. The van der Waals surface area contributed by atoms with E-state index < -0.39 is 0 Å². The lowest BCUT2D eigenvalue weighted by atomic mass is 10.1. The quantitative estimate of drug-likeness (QED) is 0.599. The third-order valence-electron chi connectivity index (χ3n) is 5.69. The minimum atomic E-state index is -0.153. The van der Waals surface area contributed by atoms with Gasteiger partial charge in [0.2, 0.25) is 0 Å². The number of aromatic nitrogens is 2. The Labute approximate surface area is 176 Å². The number of pyridine rings is 1. The predicted octanol–water partition coefficient (Wildman–Crippen LogP) is 4.23. The topological polar surface area (TPSA) is 66.7 Å². The zero-order chi connectivity index (χ0) is 20.9. The molecule has 0 radical (unpaired) electrons. The third-order valence-corrected chi connectivity index (χ3v) is 5.69. The third kappa shape index (κ3) is 3.95. The molecule has 0 unspecified atom stereocenters. The highest BCUT2D eigenvalue weighted by Gasteiger charge is 2.34. The molecule has 3 aromatic rings. The van der Waals surface area contributed by atoms with Gasteiger partial charge in [-0.15, -0.1) is 0 Å². The highest BCUT2D eigenvalue weighted by molar-refractivity contribution is 5.99. The Kier molecular flexibility index (Phi) is 6.12. The van der Waals surface area contributed by atoms with Gasteiger partial charge in [-0.25, -0.2) is 4.98 Å². The average Bonchev–Trinajstić information content (AvgIpc) is 3.41. The first-order valence-electron chi connectivity index (χ1n) is 10.8. The largest absolute Gasteiger partial charge is 0.351 e. The van der Waals surface area contributed by atoms with Gasteiger partial charge < -0.3 is 14.6 Å². The number of nitrogens with one attached hydrogen (secondary N) is 1. The molecule has 30 heavy (non-hydrogen) atoms. The Morgan fingerprint density at radius 1 is 1.10 bits per heavy atom. The molecule has 0 bridgehead atoms. The second-order valence-electron chi connectivity index (χ2n) is 7.76. The molecular weight excluding hydrogens is 376 g/mol. The molecule has 3 heterocycles. The van der Waals surface area contributed by atoms with E-state index in [0.717, 1.165) is 43.4 Å². The number of likely N-dealkylation sites (tertiary alicyclic amines) is 1. The van der Waals surface area contributed by atoms with Crippen LogP contribution in [0, 0.1) is 0 Å². The molecule has 1 aromatic carbocycles. The first kappa shape index (κ1) is 20.1. The molecule has 2 amide bonds. The van der Waals surface area contributed by atoms with Gasteiger partial charge in [-0.3, -0.25) is 9.59 Å². The van der Waals surface area contributed by atoms with E-state index in [-0.39, 0.29) is 17.9 Å². The summed E-state index contributed by atoms with van der Waals surface area (Å²) < 4.78 is 1.96. The van der Waals surface area contributed by atoms with Crippen LogP contribution in [-0.2, 0) is 0 Å². The van der Waals surface area contributed by atoms with Gasteiger partial charge in [0.05, 0.1) is 11.6 Å². The van der Waals surface area contributed by atoms with E-state index in [0.29, 0.717) is 24.3 Å². The van der Waals surface area contributed by atoms with Gasteiger partial charge in [0.15, 0.2) is 5.69 Å². The van der Waals surface area contributed by atoms with E-state index in [1.54, 1.807) is 0 Å². The maximum atomic E-state index is 13.1. The fourth-order valence-electron chi connectivity index (χ4n) is 4.15. The van der Waals surface area contributed by atoms with Gasteiger partial charge in [0.1, 0.15) is 5.82 Å². The maximum Gasteiger partial charge on any atom is 0.272 e. The van der Waals surface area contributed by atoms with E-state index in [9.17, 15) is 9.59 Å². The SMILES string of the molecule is CCCCCNC(=O)c1nc([C@H]2CCCN2C(=O)c2ccccc2)n2ccccc12. The van der Waals surface area contributed by atoms with Crippen LogP contribution in [0.1, 0.15) is 71.7 Å². The van der Waals surface area contributed by atoms with Crippen molar-refractivity contribution >= 4 is 17.3 Å². The molecule has 6 nitrogen and oxygen atoms in total. The molecule has 6 heteroatoms. The van der Waals surface area contributed by atoms with Crippen LogP contribution in [0.2, 0.25) is 0 Å². The number of hydrogen-bond donors (Lipinski definition) is 1. The maximum absolute atomic E-state index is 13.1.